The van der Waals surface area contributed by atoms with Gasteiger partial charge in [-0.3, -0.25) is 4.79 Å². The third kappa shape index (κ3) is 3.92. The molecule has 0 aliphatic rings. The molecule has 1 amide bonds. The molecule has 0 radical (unpaired) electrons. The third-order valence-corrected chi connectivity index (χ3v) is 4.37. The number of nitrogens with one attached hydrogen (secondary N) is 1. The number of carbonyl (C=O) groups is 1. The highest BCUT2D eigenvalue weighted by atomic mass is 16.5. The summed E-state index contributed by atoms with van der Waals surface area (Å²) in [6.07, 6.45) is 3.41. The molecule has 0 saturated carbocycles. The second kappa shape index (κ2) is 7.73. The molecule has 3 aromatic rings. The van der Waals surface area contributed by atoms with Crippen LogP contribution in [0.1, 0.15) is 61.3 Å². The maximum atomic E-state index is 12.9. The average Bonchev–Trinajstić information content (AvgIpc) is 3.10. The Morgan fingerprint density at radius 2 is 2.00 bits per heavy atom. The van der Waals surface area contributed by atoms with Crippen LogP contribution in [0, 0.1) is 0 Å². The first-order valence-corrected chi connectivity index (χ1v) is 9.06. The lowest BCUT2D eigenvalue weighted by Crippen LogP contribution is -2.23. The monoisotopic (exact) mass is 367 g/mol. The van der Waals surface area contributed by atoms with Crippen LogP contribution in [0.3, 0.4) is 0 Å². The highest BCUT2D eigenvalue weighted by Crippen LogP contribution is 2.24. The molecule has 0 bridgehead atoms. The van der Waals surface area contributed by atoms with Gasteiger partial charge in [0.2, 0.25) is 5.88 Å². The molecule has 7 nitrogen and oxygen atoms in total. The van der Waals surface area contributed by atoms with Crippen molar-refractivity contribution < 1.29 is 9.53 Å². The smallest absolute Gasteiger partial charge is 0.252 e. The van der Waals surface area contributed by atoms with E-state index in [1.165, 1.54) is 0 Å². The summed E-state index contributed by atoms with van der Waals surface area (Å²) < 4.78 is 6.91. The third-order valence-electron chi connectivity index (χ3n) is 4.37. The van der Waals surface area contributed by atoms with Crippen LogP contribution in [0.2, 0.25) is 0 Å². The molecule has 0 atom stereocenters. The zero-order valence-corrected chi connectivity index (χ0v) is 16.4. The Hall–Kier alpha value is -2.96. The van der Waals surface area contributed by atoms with Crippen LogP contribution in [0.15, 0.2) is 30.6 Å². The van der Waals surface area contributed by atoms with Crippen molar-refractivity contribution in [3.05, 3.63) is 47.4 Å². The molecule has 0 aromatic carbocycles. The maximum Gasteiger partial charge on any atom is 0.252 e. The van der Waals surface area contributed by atoms with Crippen molar-refractivity contribution in [2.45, 2.75) is 46.2 Å². The van der Waals surface area contributed by atoms with Crippen molar-refractivity contribution in [1.82, 2.24) is 25.1 Å². The average molecular weight is 367 g/mol. The van der Waals surface area contributed by atoms with E-state index in [1.807, 2.05) is 30.7 Å². The molecule has 0 saturated heterocycles. The molecule has 0 spiro atoms. The fraction of sp³-hybridized carbons (Fsp3) is 0.400. The van der Waals surface area contributed by atoms with Crippen molar-refractivity contribution in [3.63, 3.8) is 0 Å². The number of pyridine rings is 2. The van der Waals surface area contributed by atoms with Gasteiger partial charge in [-0.1, -0.05) is 19.9 Å². The highest BCUT2D eigenvalue weighted by molar-refractivity contribution is 6.05. The second-order valence-corrected chi connectivity index (χ2v) is 7.06. The van der Waals surface area contributed by atoms with Gasteiger partial charge in [0.15, 0.2) is 5.65 Å². The number of ether oxygens (including phenoxy) is 1. The van der Waals surface area contributed by atoms with Gasteiger partial charge in [-0.2, -0.15) is 5.10 Å². The minimum absolute atomic E-state index is 0.150. The Kier molecular flexibility index (Phi) is 5.39. The van der Waals surface area contributed by atoms with E-state index < -0.39 is 0 Å². The Labute approximate surface area is 158 Å². The maximum absolute atomic E-state index is 12.9. The summed E-state index contributed by atoms with van der Waals surface area (Å²) in [4.78, 5) is 21.8. The predicted octanol–water partition coefficient (Wildman–Crippen LogP) is 3.47. The lowest BCUT2D eigenvalue weighted by atomic mass is 10.0. The van der Waals surface area contributed by atoms with Crippen molar-refractivity contribution in [1.29, 1.82) is 0 Å². The van der Waals surface area contributed by atoms with E-state index in [2.05, 4.69) is 29.2 Å². The van der Waals surface area contributed by atoms with Crippen molar-refractivity contribution in [3.8, 4) is 5.88 Å². The van der Waals surface area contributed by atoms with Crippen LogP contribution in [-0.4, -0.2) is 32.8 Å². The van der Waals surface area contributed by atoms with E-state index in [1.54, 1.807) is 25.6 Å². The van der Waals surface area contributed by atoms with E-state index in [9.17, 15) is 4.79 Å². The topological polar surface area (TPSA) is 81.9 Å². The van der Waals surface area contributed by atoms with Gasteiger partial charge in [-0.15, -0.1) is 0 Å². The summed E-state index contributed by atoms with van der Waals surface area (Å²) in [6.45, 7) is 8.61. The second-order valence-electron chi connectivity index (χ2n) is 7.06. The van der Waals surface area contributed by atoms with Gasteiger partial charge in [-0.25, -0.2) is 14.6 Å². The van der Waals surface area contributed by atoms with Crippen LogP contribution >= 0.6 is 0 Å². The largest absolute Gasteiger partial charge is 0.481 e. The minimum Gasteiger partial charge on any atom is -0.481 e. The number of amides is 1. The number of hydrogen-bond acceptors (Lipinski definition) is 5. The molecule has 1 N–H and O–H groups in total. The highest BCUT2D eigenvalue weighted by Gasteiger charge is 2.18. The zero-order chi connectivity index (χ0) is 19.6. The fourth-order valence-electron chi connectivity index (χ4n) is 2.81. The van der Waals surface area contributed by atoms with Crippen LogP contribution in [0.5, 0.6) is 5.88 Å². The first kappa shape index (κ1) is 18.8. The van der Waals surface area contributed by atoms with E-state index in [0.717, 1.165) is 22.3 Å². The van der Waals surface area contributed by atoms with Crippen LogP contribution in [0.4, 0.5) is 0 Å². The Bertz CT molecular complexity index is 945. The summed E-state index contributed by atoms with van der Waals surface area (Å²) in [5, 5.41) is 8.15. The molecule has 0 unspecified atom stereocenters. The van der Waals surface area contributed by atoms with Gasteiger partial charge in [0.25, 0.3) is 5.91 Å². The summed E-state index contributed by atoms with van der Waals surface area (Å²) in [5.41, 5.74) is 3.11. The molecule has 3 rings (SSSR count). The summed E-state index contributed by atoms with van der Waals surface area (Å²) >= 11 is 0. The van der Waals surface area contributed by atoms with Gasteiger partial charge in [0.1, 0.15) is 0 Å². The molecule has 27 heavy (non-hydrogen) atoms. The van der Waals surface area contributed by atoms with Gasteiger partial charge in [0.05, 0.1) is 24.3 Å². The molecule has 0 fully saturated rings. The number of rotatable bonds is 6. The summed E-state index contributed by atoms with van der Waals surface area (Å²) in [7, 11) is 1.57. The number of fused-ring (bicyclic) bond motifs is 1. The molecule has 0 aliphatic heterocycles. The minimum atomic E-state index is -0.150. The van der Waals surface area contributed by atoms with Gasteiger partial charge in [-0.05, 0) is 31.4 Å². The fourth-order valence-corrected chi connectivity index (χ4v) is 2.81. The number of carbonyl (C=O) groups excluding carboxylic acids is 1. The van der Waals surface area contributed by atoms with Crippen LogP contribution < -0.4 is 10.1 Å². The Morgan fingerprint density at radius 1 is 1.22 bits per heavy atom. The standard InChI is InChI=1S/C20H25N5O2/c1-12(2)17-8-15(16-11-23-25(13(3)4)19(16)24-17)20(26)22-10-14-6-7-18(27-5)21-9-14/h6-9,11-13H,10H2,1-5H3,(H,22,26). The molecular formula is C20H25N5O2. The number of nitrogens with zero attached hydrogens (tertiary/aromatic N) is 4. The molecule has 7 heteroatoms. The summed E-state index contributed by atoms with van der Waals surface area (Å²) in [6, 6.07) is 5.68. The van der Waals surface area contributed by atoms with Crippen LogP contribution in [0.25, 0.3) is 11.0 Å². The molecule has 3 heterocycles. The molecule has 142 valence electrons. The van der Waals surface area contributed by atoms with Crippen molar-refractivity contribution in [2.75, 3.05) is 7.11 Å². The van der Waals surface area contributed by atoms with Crippen molar-refractivity contribution in [2.24, 2.45) is 0 Å². The molecular weight excluding hydrogens is 342 g/mol. The zero-order valence-electron chi connectivity index (χ0n) is 16.4. The van der Waals surface area contributed by atoms with E-state index in [4.69, 9.17) is 9.72 Å². The number of aromatic nitrogens is 4. The lowest BCUT2D eigenvalue weighted by Gasteiger charge is -2.12. The normalized spacial score (nSPS) is 11.4. The molecule has 3 aromatic heterocycles. The molecule has 0 aliphatic carbocycles. The Balaban J connectivity index is 1.90. The Morgan fingerprint density at radius 3 is 2.59 bits per heavy atom. The first-order chi connectivity index (χ1) is 12.9. The SMILES string of the molecule is COc1ccc(CNC(=O)c2cc(C(C)C)nc3c2cnn3C(C)C)cn1. The number of methoxy groups -OCH3 is 1. The van der Waals surface area contributed by atoms with Crippen LogP contribution in [-0.2, 0) is 6.54 Å². The van der Waals surface area contributed by atoms with Gasteiger partial charge < -0.3 is 10.1 Å². The van der Waals surface area contributed by atoms with Gasteiger partial charge in [0, 0.05) is 30.5 Å². The van der Waals surface area contributed by atoms with E-state index in [0.29, 0.717) is 18.0 Å². The predicted molar refractivity (Wildman–Crippen MR) is 104 cm³/mol. The van der Waals surface area contributed by atoms with E-state index in [-0.39, 0.29) is 17.9 Å². The van der Waals surface area contributed by atoms with E-state index >= 15 is 0 Å². The van der Waals surface area contributed by atoms with Gasteiger partial charge >= 0.3 is 0 Å². The summed E-state index contributed by atoms with van der Waals surface area (Å²) in [5.74, 6) is 0.606. The number of hydrogen-bond donors (Lipinski definition) is 1. The lowest BCUT2D eigenvalue weighted by molar-refractivity contribution is 0.0952. The van der Waals surface area contributed by atoms with Crippen molar-refractivity contribution >= 4 is 16.9 Å². The first-order valence-electron chi connectivity index (χ1n) is 9.06. The quantitative estimate of drug-likeness (QED) is 0.721.